The molecule has 1 aliphatic rings. The van der Waals surface area contributed by atoms with Gasteiger partial charge >= 0.3 is 11.7 Å². The topological polar surface area (TPSA) is 109 Å². The fourth-order valence-corrected chi connectivity index (χ4v) is 3.49. The lowest BCUT2D eigenvalue weighted by atomic mass is 10.2. The van der Waals surface area contributed by atoms with Crippen molar-refractivity contribution in [3.05, 3.63) is 33.9 Å². The first-order chi connectivity index (χ1) is 13.7. The van der Waals surface area contributed by atoms with E-state index in [0.29, 0.717) is 11.2 Å². The third-order valence-electron chi connectivity index (χ3n) is 5.08. The summed E-state index contributed by atoms with van der Waals surface area (Å²) in [4.78, 5) is 40.6. The van der Waals surface area contributed by atoms with Crippen molar-refractivity contribution >= 4 is 34.3 Å². The standard InChI is InChI=1S/C19H25N5O5/c1-21(2)13-9-15-14(22(3)19(28)23(15)4)8-12(13)20-16-11(18(27)29-5)10-24(6-7-25)17(16)26/h8-9,20,25H,6-7,10H2,1-5H3. The molecule has 2 aromatic rings. The summed E-state index contributed by atoms with van der Waals surface area (Å²) < 4.78 is 7.89. The van der Waals surface area contributed by atoms with Crippen LogP contribution in [0.5, 0.6) is 0 Å². The number of ether oxygens (including phenoxy) is 1. The molecule has 3 rings (SSSR count). The smallest absolute Gasteiger partial charge is 0.337 e. The number of aromatic nitrogens is 2. The number of imidazole rings is 1. The Labute approximate surface area is 167 Å². The number of nitrogens with one attached hydrogen (secondary N) is 1. The van der Waals surface area contributed by atoms with Crippen LogP contribution in [0.15, 0.2) is 28.2 Å². The number of esters is 1. The molecule has 0 unspecified atom stereocenters. The summed E-state index contributed by atoms with van der Waals surface area (Å²) in [6, 6.07) is 3.62. The van der Waals surface area contributed by atoms with Crippen LogP contribution >= 0.6 is 0 Å². The molecule has 2 heterocycles. The maximum absolute atomic E-state index is 12.8. The predicted molar refractivity (Wildman–Crippen MR) is 109 cm³/mol. The Morgan fingerprint density at radius 1 is 1.21 bits per heavy atom. The molecule has 10 nitrogen and oxygen atoms in total. The molecule has 1 amide bonds. The summed E-state index contributed by atoms with van der Waals surface area (Å²) in [7, 11) is 8.31. The van der Waals surface area contributed by atoms with Crippen LogP contribution in [0, 0.1) is 0 Å². The lowest BCUT2D eigenvalue weighted by Crippen LogP contribution is -2.31. The number of methoxy groups -OCH3 is 1. The number of hydrogen-bond donors (Lipinski definition) is 2. The number of anilines is 2. The number of carbonyl (C=O) groups is 2. The molecule has 29 heavy (non-hydrogen) atoms. The highest BCUT2D eigenvalue weighted by molar-refractivity contribution is 6.09. The van der Waals surface area contributed by atoms with Crippen molar-refractivity contribution in [2.75, 3.05) is 51.1 Å². The molecule has 0 spiro atoms. The summed E-state index contributed by atoms with van der Waals surface area (Å²) >= 11 is 0. The Morgan fingerprint density at radius 3 is 2.38 bits per heavy atom. The number of nitrogens with zero attached hydrogens (tertiary/aromatic N) is 4. The summed E-state index contributed by atoms with van der Waals surface area (Å²) in [6.45, 7) is -0.0520. The van der Waals surface area contributed by atoms with Crippen molar-refractivity contribution in [1.82, 2.24) is 14.0 Å². The molecule has 0 fully saturated rings. The van der Waals surface area contributed by atoms with Crippen LogP contribution in [0.25, 0.3) is 11.0 Å². The van der Waals surface area contributed by atoms with Crippen molar-refractivity contribution in [2.45, 2.75) is 0 Å². The van der Waals surface area contributed by atoms with Gasteiger partial charge in [-0.15, -0.1) is 0 Å². The first-order valence-corrected chi connectivity index (χ1v) is 9.06. The number of benzene rings is 1. The molecular weight excluding hydrogens is 378 g/mol. The fourth-order valence-electron chi connectivity index (χ4n) is 3.49. The molecule has 156 valence electrons. The molecule has 0 bridgehead atoms. The zero-order valence-electron chi connectivity index (χ0n) is 17.1. The average Bonchev–Trinajstić information content (AvgIpc) is 3.11. The fraction of sp³-hybridized carbons (Fsp3) is 0.421. The van der Waals surface area contributed by atoms with E-state index in [-0.39, 0.29) is 36.7 Å². The highest BCUT2D eigenvalue weighted by atomic mass is 16.5. The largest absolute Gasteiger partial charge is 0.466 e. The molecule has 1 aromatic carbocycles. The van der Waals surface area contributed by atoms with E-state index in [1.165, 1.54) is 16.6 Å². The Kier molecular flexibility index (Phi) is 5.38. The second-order valence-corrected chi connectivity index (χ2v) is 7.07. The lowest BCUT2D eigenvalue weighted by molar-refractivity contribution is -0.136. The minimum Gasteiger partial charge on any atom is -0.466 e. The van der Waals surface area contributed by atoms with Gasteiger partial charge in [-0.05, 0) is 12.1 Å². The number of hydrogen-bond acceptors (Lipinski definition) is 7. The van der Waals surface area contributed by atoms with Crippen LogP contribution < -0.4 is 15.9 Å². The molecule has 2 N–H and O–H groups in total. The first kappa shape index (κ1) is 20.5. The molecule has 1 aromatic heterocycles. The van der Waals surface area contributed by atoms with Crippen molar-refractivity contribution < 1.29 is 19.4 Å². The van der Waals surface area contributed by atoms with Crippen molar-refractivity contribution in [3.63, 3.8) is 0 Å². The maximum atomic E-state index is 12.8. The summed E-state index contributed by atoms with van der Waals surface area (Å²) in [5.74, 6) is -1.01. The summed E-state index contributed by atoms with van der Waals surface area (Å²) in [5, 5.41) is 12.3. The van der Waals surface area contributed by atoms with E-state index in [4.69, 9.17) is 4.74 Å². The van der Waals surface area contributed by atoms with Gasteiger partial charge < -0.3 is 25.0 Å². The molecular formula is C19H25N5O5. The molecule has 0 atom stereocenters. The van der Waals surface area contributed by atoms with Crippen LogP contribution in [0.2, 0.25) is 0 Å². The Morgan fingerprint density at radius 2 is 1.83 bits per heavy atom. The number of carbonyl (C=O) groups excluding carboxylic acids is 2. The van der Waals surface area contributed by atoms with Gasteiger partial charge in [0.15, 0.2) is 0 Å². The van der Waals surface area contributed by atoms with Crippen LogP contribution in [0.4, 0.5) is 11.4 Å². The van der Waals surface area contributed by atoms with Gasteiger partial charge in [0.1, 0.15) is 5.70 Å². The Hall–Kier alpha value is -3.27. The monoisotopic (exact) mass is 403 g/mol. The van der Waals surface area contributed by atoms with E-state index in [1.807, 2.05) is 25.1 Å². The van der Waals surface area contributed by atoms with Crippen LogP contribution in [0.1, 0.15) is 0 Å². The number of aryl methyl sites for hydroxylation is 2. The van der Waals surface area contributed by atoms with Gasteiger partial charge in [-0.1, -0.05) is 0 Å². The van der Waals surface area contributed by atoms with E-state index >= 15 is 0 Å². The number of aliphatic hydroxyl groups excluding tert-OH is 1. The highest BCUT2D eigenvalue weighted by Gasteiger charge is 2.35. The number of rotatable bonds is 6. The zero-order chi connectivity index (χ0) is 21.5. The zero-order valence-corrected chi connectivity index (χ0v) is 17.1. The van der Waals surface area contributed by atoms with Gasteiger partial charge in [0, 0.05) is 34.7 Å². The minimum absolute atomic E-state index is 0.0533. The van der Waals surface area contributed by atoms with Crippen molar-refractivity contribution in [1.29, 1.82) is 0 Å². The molecule has 1 aliphatic heterocycles. The quantitative estimate of drug-likeness (QED) is 0.633. The van der Waals surface area contributed by atoms with Crippen LogP contribution in [0.3, 0.4) is 0 Å². The Balaban J connectivity index is 2.15. The van der Waals surface area contributed by atoms with E-state index in [9.17, 15) is 19.5 Å². The second-order valence-electron chi connectivity index (χ2n) is 7.07. The maximum Gasteiger partial charge on any atom is 0.337 e. The van der Waals surface area contributed by atoms with E-state index in [2.05, 4.69) is 5.32 Å². The highest BCUT2D eigenvalue weighted by Crippen LogP contribution is 2.32. The number of fused-ring (bicyclic) bond motifs is 1. The second kappa shape index (κ2) is 7.63. The predicted octanol–water partition coefficient (Wildman–Crippen LogP) is -0.383. The van der Waals surface area contributed by atoms with Gasteiger partial charge in [-0.25, -0.2) is 9.59 Å². The minimum atomic E-state index is -0.610. The third-order valence-corrected chi connectivity index (χ3v) is 5.08. The van der Waals surface area contributed by atoms with Gasteiger partial charge in [-0.2, -0.15) is 0 Å². The SMILES string of the molecule is COC(=O)C1=C(Nc2cc3c(cc2N(C)C)n(C)c(=O)n3C)C(=O)N(CCO)C1. The van der Waals surface area contributed by atoms with E-state index < -0.39 is 11.9 Å². The van der Waals surface area contributed by atoms with Crippen molar-refractivity contribution in [3.8, 4) is 0 Å². The van der Waals surface area contributed by atoms with Gasteiger partial charge in [0.05, 0.1) is 48.2 Å². The van der Waals surface area contributed by atoms with E-state index in [1.54, 1.807) is 24.7 Å². The average molecular weight is 403 g/mol. The molecule has 0 aliphatic carbocycles. The van der Waals surface area contributed by atoms with E-state index in [0.717, 1.165) is 11.2 Å². The lowest BCUT2D eigenvalue weighted by Gasteiger charge is -2.20. The Bertz CT molecular complexity index is 1080. The summed E-state index contributed by atoms with van der Waals surface area (Å²) in [5.41, 5.74) is 2.87. The van der Waals surface area contributed by atoms with Gasteiger partial charge in [0.2, 0.25) is 0 Å². The van der Waals surface area contributed by atoms with Crippen LogP contribution in [-0.4, -0.2) is 71.9 Å². The third kappa shape index (κ3) is 3.35. The number of β-amino-alcohol motifs (C(OH)–C–C–N with tert-alkyl or cyclic N) is 1. The number of amides is 1. The van der Waals surface area contributed by atoms with Crippen molar-refractivity contribution in [2.24, 2.45) is 14.1 Å². The molecule has 10 heteroatoms. The van der Waals surface area contributed by atoms with Gasteiger partial charge in [0.25, 0.3) is 5.91 Å². The molecule has 0 radical (unpaired) electrons. The number of aliphatic hydroxyl groups is 1. The molecule has 0 saturated heterocycles. The van der Waals surface area contributed by atoms with Crippen LogP contribution in [-0.2, 0) is 28.4 Å². The first-order valence-electron chi connectivity index (χ1n) is 9.06. The molecule has 0 saturated carbocycles. The summed E-state index contributed by atoms with van der Waals surface area (Å²) in [6.07, 6.45) is 0. The normalized spacial score (nSPS) is 14.1. The van der Waals surface area contributed by atoms with Gasteiger partial charge in [-0.3, -0.25) is 13.9 Å².